The fraction of sp³-hybridized carbons (Fsp3) is 0.562. The molecule has 0 heterocycles. The van der Waals surface area contributed by atoms with Crippen LogP contribution in [0.1, 0.15) is 50.9 Å². The molecule has 1 N–H and O–H groups in total. The Morgan fingerprint density at radius 3 is 2.53 bits per heavy atom. The number of nitrogens with one attached hydrogen (secondary N) is 1. The zero-order valence-corrected chi connectivity index (χ0v) is 12.6. The van der Waals surface area contributed by atoms with Crippen molar-refractivity contribution in [3.8, 4) is 0 Å². The Kier molecular flexibility index (Phi) is 6.40. The van der Waals surface area contributed by atoms with Gasteiger partial charge in [-0.2, -0.15) is 0 Å². The molecule has 1 unspecified atom stereocenters. The van der Waals surface area contributed by atoms with E-state index in [0.717, 1.165) is 37.2 Å². The van der Waals surface area contributed by atoms with Gasteiger partial charge >= 0.3 is 0 Å². The van der Waals surface area contributed by atoms with Crippen molar-refractivity contribution in [1.82, 2.24) is 4.90 Å². The molecular formula is C16H26N2O. The summed E-state index contributed by atoms with van der Waals surface area (Å²) in [5, 5.41) is 3.44. The highest BCUT2D eigenvalue weighted by atomic mass is 16.2. The number of rotatable bonds is 7. The first kappa shape index (κ1) is 15.5. The topological polar surface area (TPSA) is 32.3 Å². The number of hydrogen-bond donors (Lipinski definition) is 1. The Balaban J connectivity index is 2.79. The van der Waals surface area contributed by atoms with Gasteiger partial charge in [0, 0.05) is 30.4 Å². The predicted octanol–water partition coefficient (Wildman–Crippen LogP) is 3.77. The molecule has 0 aliphatic rings. The van der Waals surface area contributed by atoms with Crippen LogP contribution in [0.4, 0.5) is 5.69 Å². The average molecular weight is 262 g/mol. The van der Waals surface area contributed by atoms with Crippen molar-refractivity contribution in [2.45, 2.75) is 46.6 Å². The van der Waals surface area contributed by atoms with Gasteiger partial charge in [-0.05, 0) is 45.4 Å². The average Bonchev–Trinajstić information content (AvgIpc) is 2.40. The molecule has 19 heavy (non-hydrogen) atoms. The van der Waals surface area contributed by atoms with Crippen molar-refractivity contribution in [2.24, 2.45) is 0 Å². The van der Waals surface area contributed by atoms with Gasteiger partial charge in [0.1, 0.15) is 0 Å². The number of carbonyl (C=O) groups is 1. The molecular weight excluding hydrogens is 236 g/mol. The summed E-state index contributed by atoms with van der Waals surface area (Å²) in [6.45, 7) is 9.86. The molecule has 0 radical (unpaired) electrons. The largest absolute Gasteiger partial charge is 0.383 e. The van der Waals surface area contributed by atoms with Crippen LogP contribution in [0, 0.1) is 0 Å². The van der Waals surface area contributed by atoms with Gasteiger partial charge in [0.15, 0.2) is 0 Å². The summed E-state index contributed by atoms with van der Waals surface area (Å²) >= 11 is 0. The maximum atomic E-state index is 12.3. The molecule has 0 fully saturated rings. The molecule has 0 saturated heterocycles. The Bertz CT molecular complexity index is 399. The maximum absolute atomic E-state index is 12.3. The molecule has 3 nitrogen and oxygen atoms in total. The number of anilines is 1. The van der Waals surface area contributed by atoms with Gasteiger partial charge in [0.25, 0.3) is 5.91 Å². The van der Waals surface area contributed by atoms with Gasteiger partial charge in [-0.3, -0.25) is 4.79 Å². The SMILES string of the molecule is CCCC(C)Nc1cccc(C(=O)N(CC)CC)c1. The number of nitrogens with zero attached hydrogens (tertiary/aromatic N) is 1. The van der Waals surface area contributed by atoms with Crippen molar-refractivity contribution in [3.05, 3.63) is 29.8 Å². The second-order valence-electron chi connectivity index (χ2n) is 4.89. The number of benzene rings is 1. The lowest BCUT2D eigenvalue weighted by Crippen LogP contribution is -2.30. The van der Waals surface area contributed by atoms with E-state index in [9.17, 15) is 4.79 Å². The van der Waals surface area contributed by atoms with Gasteiger partial charge < -0.3 is 10.2 Å². The Labute approximate surface area is 117 Å². The molecule has 1 rings (SSSR count). The Morgan fingerprint density at radius 2 is 1.95 bits per heavy atom. The monoisotopic (exact) mass is 262 g/mol. The molecule has 1 aromatic carbocycles. The molecule has 106 valence electrons. The van der Waals surface area contributed by atoms with Crippen molar-refractivity contribution in [2.75, 3.05) is 18.4 Å². The van der Waals surface area contributed by atoms with Crippen molar-refractivity contribution in [1.29, 1.82) is 0 Å². The van der Waals surface area contributed by atoms with Gasteiger partial charge in [0.05, 0.1) is 0 Å². The fourth-order valence-electron chi connectivity index (χ4n) is 2.23. The summed E-state index contributed by atoms with van der Waals surface area (Å²) in [5.74, 6) is 0.108. The van der Waals surface area contributed by atoms with Crippen LogP contribution in [-0.4, -0.2) is 29.9 Å². The summed E-state index contributed by atoms with van der Waals surface area (Å²) < 4.78 is 0. The summed E-state index contributed by atoms with van der Waals surface area (Å²) in [5.41, 5.74) is 1.79. The van der Waals surface area contributed by atoms with Gasteiger partial charge in [-0.15, -0.1) is 0 Å². The second-order valence-corrected chi connectivity index (χ2v) is 4.89. The van der Waals surface area contributed by atoms with Crippen LogP contribution >= 0.6 is 0 Å². The van der Waals surface area contributed by atoms with Crippen LogP contribution in [-0.2, 0) is 0 Å². The predicted molar refractivity (Wildman–Crippen MR) is 81.7 cm³/mol. The molecule has 0 saturated carbocycles. The van der Waals surface area contributed by atoms with Crippen LogP contribution in [0.2, 0.25) is 0 Å². The third-order valence-electron chi connectivity index (χ3n) is 3.29. The minimum absolute atomic E-state index is 0.108. The quantitative estimate of drug-likeness (QED) is 0.811. The molecule has 3 heteroatoms. The molecule has 0 bridgehead atoms. The molecule has 0 aliphatic carbocycles. The minimum Gasteiger partial charge on any atom is -0.383 e. The summed E-state index contributed by atoms with van der Waals surface area (Å²) in [7, 11) is 0. The van der Waals surface area contributed by atoms with E-state index in [0.29, 0.717) is 6.04 Å². The van der Waals surface area contributed by atoms with Crippen molar-refractivity contribution >= 4 is 11.6 Å². The zero-order chi connectivity index (χ0) is 14.3. The summed E-state index contributed by atoms with van der Waals surface area (Å²) in [6.07, 6.45) is 2.29. The lowest BCUT2D eigenvalue weighted by molar-refractivity contribution is 0.0773. The van der Waals surface area contributed by atoms with E-state index in [1.165, 1.54) is 0 Å². The first-order valence-electron chi connectivity index (χ1n) is 7.28. The lowest BCUT2D eigenvalue weighted by Gasteiger charge is -2.20. The zero-order valence-electron chi connectivity index (χ0n) is 12.6. The van der Waals surface area contributed by atoms with E-state index in [-0.39, 0.29) is 5.91 Å². The normalized spacial score (nSPS) is 12.0. The van der Waals surface area contributed by atoms with Gasteiger partial charge in [-0.1, -0.05) is 19.4 Å². The molecule has 1 aromatic rings. The van der Waals surface area contributed by atoms with E-state index in [1.54, 1.807) is 0 Å². The number of carbonyl (C=O) groups excluding carboxylic acids is 1. The van der Waals surface area contributed by atoms with Crippen LogP contribution in [0.3, 0.4) is 0 Å². The lowest BCUT2D eigenvalue weighted by atomic mass is 10.1. The standard InChI is InChI=1S/C16H26N2O/c1-5-9-13(4)17-15-11-8-10-14(12-15)16(19)18(6-2)7-3/h8,10-13,17H,5-7,9H2,1-4H3. The Hall–Kier alpha value is -1.51. The van der Waals surface area contributed by atoms with Crippen LogP contribution in [0.5, 0.6) is 0 Å². The van der Waals surface area contributed by atoms with Crippen molar-refractivity contribution in [3.63, 3.8) is 0 Å². The summed E-state index contributed by atoms with van der Waals surface area (Å²) in [4.78, 5) is 14.1. The Morgan fingerprint density at radius 1 is 1.26 bits per heavy atom. The molecule has 0 aliphatic heterocycles. The highest BCUT2D eigenvalue weighted by Gasteiger charge is 2.12. The third kappa shape index (κ3) is 4.58. The van der Waals surface area contributed by atoms with E-state index < -0.39 is 0 Å². The minimum atomic E-state index is 0.108. The van der Waals surface area contributed by atoms with E-state index in [1.807, 2.05) is 43.0 Å². The molecule has 0 aromatic heterocycles. The number of hydrogen-bond acceptors (Lipinski definition) is 2. The highest BCUT2D eigenvalue weighted by Crippen LogP contribution is 2.15. The summed E-state index contributed by atoms with van der Waals surface area (Å²) in [6, 6.07) is 8.23. The van der Waals surface area contributed by atoms with Crippen LogP contribution < -0.4 is 5.32 Å². The molecule has 1 atom stereocenters. The first-order chi connectivity index (χ1) is 9.12. The van der Waals surface area contributed by atoms with E-state index in [2.05, 4.69) is 19.2 Å². The number of amides is 1. The first-order valence-corrected chi connectivity index (χ1v) is 7.28. The van der Waals surface area contributed by atoms with Crippen molar-refractivity contribution < 1.29 is 4.79 Å². The van der Waals surface area contributed by atoms with E-state index >= 15 is 0 Å². The highest BCUT2D eigenvalue weighted by molar-refractivity contribution is 5.95. The van der Waals surface area contributed by atoms with Gasteiger partial charge in [0.2, 0.25) is 0 Å². The van der Waals surface area contributed by atoms with E-state index in [4.69, 9.17) is 0 Å². The van der Waals surface area contributed by atoms with Gasteiger partial charge in [-0.25, -0.2) is 0 Å². The molecule has 1 amide bonds. The maximum Gasteiger partial charge on any atom is 0.253 e. The fourth-order valence-corrected chi connectivity index (χ4v) is 2.23. The second kappa shape index (κ2) is 7.82. The van der Waals surface area contributed by atoms with Crippen LogP contribution in [0.15, 0.2) is 24.3 Å². The van der Waals surface area contributed by atoms with Crippen LogP contribution in [0.25, 0.3) is 0 Å². The molecule has 0 spiro atoms. The third-order valence-corrected chi connectivity index (χ3v) is 3.29. The smallest absolute Gasteiger partial charge is 0.253 e.